The Kier molecular flexibility index (Phi) is 11.2. The molecule has 0 saturated carbocycles. The first kappa shape index (κ1) is 24.8. The van der Waals surface area contributed by atoms with Crippen molar-refractivity contribution in [3.8, 4) is 0 Å². The fourth-order valence-electron chi connectivity index (χ4n) is 1.50. The van der Waals surface area contributed by atoms with Gasteiger partial charge in [-0.3, -0.25) is 4.79 Å². The lowest BCUT2D eigenvalue weighted by Gasteiger charge is -2.16. The minimum Gasteiger partial charge on any atom is -0.465 e. The van der Waals surface area contributed by atoms with E-state index in [2.05, 4.69) is 23.3 Å². The van der Waals surface area contributed by atoms with Crippen molar-refractivity contribution in [2.45, 2.75) is 26.7 Å². The van der Waals surface area contributed by atoms with Crippen LogP contribution >= 0.6 is 0 Å². The maximum Gasteiger partial charge on any atom is 0.333 e. The monoisotopic (exact) mass is 407 g/mol. The third-order valence-electron chi connectivity index (χ3n) is 3.04. The third kappa shape index (κ3) is 11.2. The summed E-state index contributed by atoms with van der Waals surface area (Å²) < 4.78 is 40.7. The Balaban J connectivity index is 4.57. The Labute approximate surface area is 158 Å². The minimum absolute atomic E-state index is 0.0850. The number of ether oxygens (including phenoxy) is 3. The van der Waals surface area contributed by atoms with Gasteiger partial charge in [0.1, 0.15) is 19.1 Å². The molecule has 0 rings (SSSR count). The van der Waals surface area contributed by atoms with E-state index >= 15 is 0 Å². The molecule has 0 fully saturated rings. The molecule has 0 radical (unpaired) electrons. The van der Waals surface area contributed by atoms with Crippen LogP contribution in [-0.4, -0.2) is 51.9 Å². The number of carbonyl (C=O) groups excluding carboxylic acids is 3. The van der Waals surface area contributed by atoms with Crippen molar-refractivity contribution in [3.63, 3.8) is 0 Å². The first-order chi connectivity index (χ1) is 12.5. The summed E-state index contributed by atoms with van der Waals surface area (Å²) in [6.07, 6.45) is 0.394. The maximum atomic E-state index is 12.1. The summed E-state index contributed by atoms with van der Waals surface area (Å²) >= 11 is 0. The molecule has 0 aliphatic heterocycles. The summed E-state index contributed by atoms with van der Waals surface area (Å²) in [7, 11) is -3.78. The van der Waals surface area contributed by atoms with Crippen molar-refractivity contribution < 1.29 is 41.3 Å². The first-order valence-corrected chi connectivity index (χ1v) is 9.50. The second-order valence-corrected chi connectivity index (χ2v) is 7.40. The molecule has 10 nitrogen and oxygen atoms in total. The number of unbranched alkanes of at least 4 members (excludes halogenated alkanes) is 1. The highest BCUT2D eigenvalue weighted by Gasteiger charge is 2.24. The van der Waals surface area contributed by atoms with Crippen LogP contribution in [0.5, 0.6) is 0 Å². The molecule has 0 aromatic rings. The quantitative estimate of drug-likeness (QED) is 0.149. The molecule has 0 atom stereocenters. The van der Waals surface area contributed by atoms with Crippen LogP contribution in [0.1, 0.15) is 26.7 Å². The van der Waals surface area contributed by atoms with Crippen LogP contribution in [0.4, 0.5) is 0 Å². The molecule has 0 aliphatic rings. The standard InChI is InChI=1S/C16H25NO9S/c1-11(2)14(18)24-9-13(10-25-15(19)12(3)4)16(20)23-7-5-6-8-27(21,22)26-17/h13H,1,3,5-10,17H2,2,4H3. The summed E-state index contributed by atoms with van der Waals surface area (Å²) in [4.78, 5) is 35.0. The van der Waals surface area contributed by atoms with Crippen LogP contribution in [0, 0.1) is 5.92 Å². The van der Waals surface area contributed by atoms with Gasteiger partial charge in [0.2, 0.25) is 0 Å². The van der Waals surface area contributed by atoms with Crippen molar-refractivity contribution in [2.24, 2.45) is 11.8 Å². The Bertz CT molecular complexity index is 639. The predicted octanol–water partition coefficient (Wildman–Crippen LogP) is 0.385. The van der Waals surface area contributed by atoms with Gasteiger partial charge in [0.05, 0.1) is 12.4 Å². The average Bonchev–Trinajstić information content (AvgIpc) is 2.60. The van der Waals surface area contributed by atoms with Crippen molar-refractivity contribution in [2.75, 3.05) is 25.6 Å². The van der Waals surface area contributed by atoms with Gasteiger partial charge in [-0.25, -0.2) is 9.59 Å². The third-order valence-corrected chi connectivity index (χ3v) is 4.12. The zero-order chi connectivity index (χ0) is 21.0. The van der Waals surface area contributed by atoms with Gasteiger partial charge in [0, 0.05) is 11.1 Å². The molecule has 0 spiro atoms. The van der Waals surface area contributed by atoms with Gasteiger partial charge in [-0.05, 0) is 26.7 Å². The van der Waals surface area contributed by atoms with Gasteiger partial charge < -0.3 is 14.2 Å². The zero-order valence-electron chi connectivity index (χ0n) is 15.4. The summed E-state index contributed by atoms with van der Waals surface area (Å²) in [5, 5.41) is 0. The average molecular weight is 407 g/mol. The SMILES string of the molecule is C=C(C)C(=O)OCC(COC(=O)C(=C)C)C(=O)OCCCCS(=O)(=O)ON. The van der Waals surface area contributed by atoms with E-state index in [4.69, 9.17) is 14.2 Å². The molecule has 0 amide bonds. The topological polar surface area (TPSA) is 148 Å². The molecule has 0 aliphatic carbocycles. The molecule has 11 heteroatoms. The minimum atomic E-state index is -3.78. The van der Waals surface area contributed by atoms with E-state index in [9.17, 15) is 22.8 Å². The summed E-state index contributed by atoms with van der Waals surface area (Å²) in [6.45, 7) is 8.88. The van der Waals surface area contributed by atoms with E-state index in [1.807, 2.05) is 0 Å². The fourth-order valence-corrected chi connectivity index (χ4v) is 2.16. The predicted molar refractivity (Wildman–Crippen MR) is 94.3 cm³/mol. The zero-order valence-corrected chi connectivity index (χ0v) is 16.2. The van der Waals surface area contributed by atoms with Crippen LogP contribution in [-0.2, 0) is 43.0 Å². The molecule has 0 aromatic heterocycles. The number of hydrogen-bond donors (Lipinski definition) is 1. The normalized spacial score (nSPS) is 11.0. The highest BCUT2D eigenvalue weighted by atomic mass is 32.2. The second-order valence-electron chi connectivity index (χ2n) is 5.69. The molecular weight excluding hydrogens is 382 g/mol. The van der Waals surface area contributed by atoms with Gasteiger partial charge in [-0.2, -0.15) is 18.6 Å². The van der Waals surface area contributed by atoms with Crippen molar-refractivity contribution in [1.82, 2.24) is 0 Å². The van der Waals surface area contributed by atoms with Gasteiger partial charge in [-0.15, -0.1) is 0 Å². The Morgan fingerprint density at radius 2 is 1.41 bits per heavy atom. The Morgan fingerprint density at radius 1 is 0.926 bits per heavy atom. The van der Waals surface area contributed by atoms with Crippen LogP contribution in [0.3, 0.4) is 0 Å². The molecule has 0 heterocycles. The van der Waals surface area contributed by atoms with Crippen molar-refractivity contribution >= 4 is 28.0 Å². The van der Waals surface area contributed by atoms with E-state index in [0.717, 1.165) is 0 Å². The second kappa shape index (κ2) is 12.2. The van der Waals surface area contributed by atoms with Crippen LogP contribution in [0.15, 0.2) is 24.3 Å². The lowest BCUT2D eigenvalue weighted by atomic mass is 10.2. The van der Waals surface area contributed by atoms with Gasteiger partial charge in [0.15, 0.2) is 0 Å². The molecule has 0 saturated heterocycles. The summed E-state index contributed by atoms with van der Waals surface area (Å²) in [5.41, 5.74) is 0.286. The van der Waals surface area contributed by atoms with Crippen molar-refractivity contribution in [1.29, 1.82) is 0 Å². The molecule has 2 N–H and O–H groups in total. The van der Waals surface area contributed by atoms with Crippen LogP contribution < -0.4 is 5.90 Å². The lowest BCUT2D eigenvalue weighted by molar-refractivity contribution is -0.158. The van der Waals surface area contributed by atoms with Crippen LogP contribution in [0.2, 0.25) is 0 Å². The number of nitrogens with two attached hydrogens (primary N) is 1. The number of rotatable bonds is 13. The van der Waals surface area contributed by atoms with E-state index in [1.165, 1.54) is 13.8 Å². The van der Waals surface area contributed by atoms with E-state index in [-0.39, 0.29) is 49.6 Å². The Morgan fingerprint density at radius 3 is 1.81 bits per heavy atom. The molecule has 27 heavy (non-hydrogen) atoms. The highest BCUT2D eigenvalue weighted by molar-refractivity contribution is 7.86. The molecule has 154 valence electrons. The first-order valence-electron chi connectivity index (χ1n) is 7.93. The fraction of sp³-hybridized carbons (Fsp3) is 0.562. The van der Waals surface area contributed by atoms with E-state index < -0.39 is 33.9 Å². The summed E-state index contributed by atoms with van der Waals surface area (Å²) in [5.74, 6) is 1.06. The number of carbonyl (C=O) groups is 3. The lowest BCUT2D eigenvalue weighted by Crippen LogP contribution is -2.30. The maximum absolute atomic E-state index is 12.1. The van der Waals surface area contributed by atoms with Crippen LogP contribution in [0.25, 0.3) is 0 Å². The van der Waals surface area contributed by atoms with E-state index in [0.29, 0.717) is 0 Å². The van der Waals surface area contributed by atoms with Gasteiger partial charge in [0.25, 0.3) is 10.1 Å². The van der Waals surface area contributed by atoms with E-state index in [1.54, 1.807) is 0 Å². The molecule has 0 aromatic carbocycles. The van der Waals surface area contributed by atoms with Gasteiger partial charge >= 0.3 is 17.9 Å². The largest absolute Gasteiger partial charge is 0.465 e. The molecule has 0 bridgehead atoms. The number of esters is 3. The van der Waals surface area contributed by atoms with Gasteiger partial charge in [-0.1, -0.05) is 13.2 Å². The highest BCUT2D eigenvalue weighted by Crippen LogP contribution is 2.07. The molecular formula is C16H25NO9S. The summed E-state index contributed by atoms with van der Waals surface area (Å²) in [6, 6.07) is 0. The molecule has 0 unspecified atom stereocenters. The smallest absolute Gasteiger partial charge is 0.333 e. The Hall–Kier alpha value is -2.24. The number of hydrogen-bond acceptors (Lipinski definition) is 10. The van der Waals surface area contributed by atoms with Crippen molar-refractivity contribution in [3.05, 3.63) is 24.3 Å².